The molecule has 0 radical (unpaired) electrons. The van der Waals surface area contributed by atoms with E-state index in [1.165, 1.54) is 5.56 Å². The van der Waals surface area contributed by atoms with Crippen molar-refractivity contribution in [1.82, 2.24) is 10.2 Å². The number of halogens is 1. The van der Waals surface area contributed by atoms with Gasteiger partial charge in [0.2, 0.25) is 0 Å². The van der Waals surface area contributed by atoms with E-state index in [1.54, 1.807) is 0 Å². The Kier molecular flexibility index (Phi) is 9.62. The van der Waals surface area contributed by atoms with Crippen LogP contribution in [-0.4, -0.2) is 37.7 Å². The first-order valence-electron chi connectivity index (χ1n) is 10.1. The van der Waals surface area contributed by atoms with Gasteiger partial charge in [-0.2, -0.15) is 0 Å². The van der Waals surface area contributed by atoms with Crippen LogP contribution < -0.4 is 14.8 Å². The highest BCUT2D eigenvalue weighted by Crippen LogP contribution is 2.34. The molecule has 5 heteroatoms. The van der Waals surface area contributed by atoms with Gasteiger partial charge < -0.3 is 19.7 Å². The van der Waals surface area contributed by atoms with Crippen LogP contribution in [0.3, 0.4) is 0 Å². The predicted molar refractivity (Wildman–Crippen MR) is 118 cm³/mol. The first-order valence-corrected chi connectivity index (χ1v) is 10.5. The third-order valence-corrected chi connectivity index (χ3v) is 5.09. The molecule has 0 fully saturated rings. The van der Waals surface area contributed by atoms with E-state index >= 15 is 0 Å². The van der Waals surface area contributed by atoms with E-state index < -0.39 is 0 Å². The summed E-state index contributed by atoms with van der Waals surface area (Å²) in [5, 5.41) is 4.16. The molecule has 0 aromatic heterocycles. The molecule has 2 rings (SSSR count). The Morgan fingerprint density at radius 2 is 1.64 bits per heavy atom. The largest absolute Gasteiger partial charge is 0.490 e. The van der Waals surface area contributed by atoms with E-state index in [4.69, 9.17) is 21.1 Å². The van der Waals surface area contributed by atoms with Gasteiger partial charge in [-0.3, -0.25) is 0 Å². The van der Waals surface area contributed by atoms with Gasteiger partial charge in [0, 0.05) is 30.7 Å². The van der Waals surface area contributed by atoms with Crippen molar-refractivity contribution in [3.63, 3.8) is 0 Å². The molecule has 4 nitrogen and oxygen atoms in total. The summed E-state index contributed by atoms with van der Waals surface area (Å²) in [6, 6.07) is 12.2. The number of nitrogens with one attached hydrogen (secondary N) is 1. The molecule has 0 atom stereocenters. The van der Waals surface area contributed by atoms with Crippen LogP contribution in [0.2, 0.25) is 5.02 Å². The van der Waals surface area contributed by atoms with Gasteiger partial charge in [0.05, 0.1) is 6.61 Å². The minimum Gasteiger partial charge on any atom is -0.490 e. The standard InChI is InChI=1S/C23H33ClN2O2/c1-5-26(6-2)13-12-25-16-20-14-22(27-7-3)23(15-21(20)24)28-17-19-10-8-18(4)9-11-19/h8-11,14-15,25H,5-7,12-13,16-17H2,1-4H3. The second kappa shape index (κ2) is 11.9. The minimum absolute atomic E-state index is 0.484. The summed E-state index contributed by atoms with van der Waals surface area (Å²) in [5.41, 5.74) is 3.37. The molecule has 28 heavy (non-hydrogen) atoms. The predicted octanol–water partition coefficient (Wildman–Crippen LogP) is 5.06. The van der Waals surface area contributed by atoms with E-state index in [9.17, 15) is 0 Å². The Labute approximate surface area is 174 Å². The molecule has 0 spiro atoms. The number of hydrogen-bond donors (Lipinski definition) is 1. The van der Waals surface area contributed by atoms with Crippen molar-refractivity contribution in [3.8, 4) is 11.5 Å². The monoisotopic (exact) mass is 404 g/mol. The number of aryl methyl sites for hydroxylation is 1. The summed E-state index contributed by atoms with van der Waals surface area (Å²) in [5.74, 6) is 1.42. The molecule has 2 aromatic carbocycles. The molecule has 0 aliphatic carbocycles. The molecule has 154 valence electrons. The van der Waals surface area contributed by atoms with Crippen molar-refractivity contribution >= 4 is 11.6 Å². The van der Waals surface area contributed by atoms with Crippen LogP contribution in [0.4, 0.5) is 0 Å². The summed E-state index contributed by atoms with van der Waals surface area (Å²) in [6.07, 6.45) is 0. The lowest BCUT2D eigenvalue weighted by Crippen LogP contribution is -2.31. The lowest BCUT2D eigenvalue weighted by molar-refractivity contribution is 0.269. The van der Waals surface area contributed by atoms with Crippen LogP contribution in [0.1, 0.15) is 37.5 Å². The van der Waals surface area contributed by atoms with Crippen molar-refractivity contribution in [2.75, 3.05) is 32.8 Å². The maximum Gasteiger partial charge on any atom is 0.163 e. The van der Waals surface area contributed by atoms with Crippen LogP contribution >= 0.6 is 11.6 Å². The van der Waals surface area contributed by atoms with Gasteiger partial charge in [0.25, 0.3) is 0 Å². The van der Waals surface area contributed by atoms with Crippen molar-refractivity contribution in [2.24, 2.45) is 0 Å². The fourth-order valence-electron chi connectivity index (χ4n) is 2.94. The van der Waals surface area contributed by atoms with Crippen LogP contribution in [0.25, 0.3) is 0 Å². The summed E-state index contributed by atoms with van der Waals surface area (Å²) in [4.78, 5) is 2.39. The zero-order valence-electron chi connectivity index (χ0n) is 17.6. The second-order valence-electron chi connectivity index (χ2n) is 6.80. The normalized spacial score (nSPS) is 11.1. The van der Waals surface area contributed by atoms with Crippen molar-refractivity contribution in [2.45, 2.75) is 40.8 Å². The van der Waals surface area contributed by atoms with E-state index in [0.717, 1.165) is 43.1 Å². The third kappa shape index (κ3) is 7.01. The average molecular weight is 405 g/mol. The number of ether oxygens (including phenoxy) is 2. The van der Waals surface area contributed by atoms with Crippen LogP contribution in [0, 0.1) is 6.92 Å². The number of rotatable bonds is 12. The molecule has 0 bridgehead atoms. The highest BCUT2D eigenvalue weighted by atomic mass is 35.5. The zero-order valence-corrected chi connectivity index (χ0v) is 18.3. The van der Waals surface area contributed by atoms with Crippen molar-refractivity contribution in [3.05, 3.63) is 58.1 Å². The van der Waals surface area contributed by atoms with Gasteiger partial charge in [0.15, 0.2) is 11.5 Å². The topological polar surface area (TPSA) is 33.7 Å². The summed E-state index contributed by atoms with van der Waals surface area (Å²) < 4.78 is 11.8. The fourth-order valence-corrected chi connectivity index (χ4v) is 3.16. The number of hydrogen-bond acceptors (Lipinski definition) is 4. The lowest BCUT2D eigenvalue weighted by atomic mass is 10.1. The van der Waals surface area contributed by atoms with E-state index in [0.29, 0.717) is 30.5 Å². The molecule has 0 saturated heterocycles. The number of nitrogens with zero attached hydrogens (tertiary/aromatic N) is 1. The Hall–Kier alpha value is -1.75. The molecular weight excluding hydrogens is 372 g/mol. The van der Waals surface area contributed by atoms with Gasteiger partial charge >= 0.3 is 0 Å². The highest BCUT2D eigenvalue weighted by molar-refractivity contribution is 6.31. The first-order chi connectivity index (χ1) is 13.6. The van der Waals surface area contributed by atoms with E-state index in [2.05, 4.69) is 55.3 Å². The number of benzene rings is 2. The van der Waals surface area contributed by atoms with Gasteiger partial charge in [-0.1, -0.05) is 55.3 Å². The lowest BCUT2D eigenvalue weighted by Gasteiger charge is -2.19. The molecule has 2 aromatic rings. The Morgan fingerprint density at radius 3 is 2.29 bits per heavy atom. The highest BCUT2D eigenvalue weighted by Gasteiger charge is 2.12. The van der Waals surface area contributed by atoms with Gasteiger partial charge in [0.1, 0.15) is 6.61 Å². The smallest absolute Gasteiger partial charge is 0.163 e. The summed E-state index contributed by atoms with van der Waals surface area (Å²) in [7, 11) is 0. The maximum absolute atomic E-state index is 6.51. The van der Waals surface area contributed by atoms with Crippen LogP contribution in [0.5, 0.6) is 11.5 Å². The fraction of sp³-hybridized carbons (Fsp3) is 0.478. The van der Waals surface area contributed by atoms with Crippen molar-refractivity contribution in [1.29, 1.82) is 0 Å². The molecule has 0 aliphatic rings. The third-order valence-electron chi connectivity index (χ3n) is 4.74. The van der Waals surface area contributed by atoms with Gasteiger partial charge in [-0.15, -0.1) is 0 Å². The van der Waals surface area contributed by atoms with Gasteiger partial charge in [-0.05, 0) is 44.1 Å². The summed E-state index contributed by atoms with van der Waals surface area (Å²) >= 11 is 6.51. The zero-order chi connectivity index (χ0) is 20.4. The van der Waals surface area contributed by atoms with Crippen LogP contribution in [0.15, 0.2) is 36.4 Å². The molecule has 0 amide bonds. The molecule has 1 N–H and O–H groups in total. The first kappa shape index (κ1) is 22.5. The Morgan fingerprint density at radius 1 is 0.964 bits per heavy atom. The van der Waals surface area contributed by atoms with Crippen molar-refractivity contribution < 1.29 is 9.47 Å². The minimum atomic E-state index is 0.484. The molecular formula is C23H33ClN2O2. The Bertz CT molecular complexity index is 715. The summed E-state index contributed by atoms with van der Waals surface area (Å²) in [6.45, 7) is 14.3. The molecule has 0 aliphatic heterocycles. The molecule has 0 unspecified atom stereocenters. The second-order valence-corrected chi connectivity index (χ2v) is 7.21. The van der Waals surface area contributed by atoms with E-state index in [-0.39, 0.29) is 0 Å². The SMILES string of the molecule is CCOc1cc(CNCCN(CC)CC)c(Cl)cc1OCc1ccc(C)cc1. The van der Waals surface area contributed by atoms with E-state index in [1.807, 2.05) is 19.1 Å². The maximum atomic E-state index is 6.51. The Balaban J connectivity index is 2.00. The molecule has 0 saturated carbocycles. The molecule has 0 heterocycles. The number of likely N-dealkylation sites (N-methyl/N-ethyl adjacent to an activating group) is 1. The van der Waals surface area contributed by atoms with Gasteiger partial charge in [-0.25, -0.2) is 0 Å². The quantitative estimate of drug-likeness (QED) is 0.501. The van der Waals surface area contributed by atoms with Crippen LogP contribution in [-0.2, 0) is 13.2 Å². The average Bonchev–Trinajstić information content (AvgIpc) is 2.70.